The van der Waals surface area contributed by atoms with Crippen molar-refractivity contribution < 1.29 is 27.4 Å². The Morgan fingerprint density at radius 2 is 1.52 bits per heavy atom. The summed E-state index contributed by atoms with van der Waals surface area (Å²) < 4.78 is 44.3. The molecule has 0 aliphatic heterocycles. The number of ether oxygens (including phenoxy) is 3. The van der Waals surface area contributed by atoms with E-state index in [9.17, 15) is 13.2 Å². The van der Waals surface area contributed by atoms with E-state index in [1.54, 1.807) is 31.4 Å². The number of carbonyl (C=O) groups excluding carboxylic acids is 1. The summed E-state index contributed by atoms with van der Waals surface area (Å²) in [7, 11) is 0.377. The predicted octanol–water partition coefficient (Wildman–Crippen LogP) is 3.24. The monoisotopic (exact) mass is 470 g/mol. The number of hydrogen-bond acceptors (Lipinski definition) is 6. The van der Waals surface area contributed by atoms with Crippen molar-refractivity contribution in [2.24, 2.45) is 0 Å². The van der Waals surface area contributed by atoms with E-state index in [2.05, 4.69) is 10.0 Å². The first-order valence-corrected chi connectivity index (χ1v) is 11.6. The molecule has 8 nitrogen and oxygen atoms in total. The molecule has 0 bridgehead atoms. The first kappa shape index (κ1) is 24.1. The van der Waals surface area contributed by atoms with Crippen molar-refractivity contribution in [3.63, 3.8) is 0 Å². The number of hydrogen-bond donors (Lipinski definition) is 2. The summed E-state index contributed by atoms with van der Waals surface area (Å²) in [6.45, 7) is 0. The maximum atomic E-state index is 13.1. The maximum Gasteiger partial charge on any atom is 0.242 e. The molecule has 174 valence electrons. The van der Waals surface area contributed by atoms with E-state index in [1.807, 2.05) is 30.3 Å². The molecule has 33 heavy (non-hydrogen) atoms. The average Bonchev–Trinajstić information content (AvgIpc) is 2.84. The van der Waals surface area contributed by atoms with Gasteiger partial charge in [-0.1, -0.05) is 30.3 Å². The number of rotatable bonds is 10. The van der Waals surface area contributed by atoms with Crippen LogP contribution < -0.4 is 24.2 Å². The minimum atomic E-state index is -4.05. The lowest BCUT2D eigenvalue weighted by Crippen LogP contribution is -2.45. The fourth-order valence-electron chi connectivity index (χ4n) is 3.18. The lowest BCUT2D eigenvalue weighted by Gasteiger charge is -2.19. The summed E-state index contributed by atoms with van der Waals surface area (Å²) in [6, 6.07) is 19.1. The normalized spacial score (nSPS) is 12.0. The van der Waals surface area contributed by atoms with Crippen molar-refractivity contribution in [1.29, 1.82) is 0 Å². The first-order valence-electron chi connectivity index (χ1n) is 10.1. The average molecular weight is 471 g/mol. The third kappa shape index (κ3) is 6.24. The largest absolute Gasteiger partial charge is 0.497 e. The van der Waals surface area contributed by atoms with Gasteiger partial charge in [-0.25, -0.2) is 8.42 Å². The molecule has 0 heterocycles. The molecule has 0 saturated carbocycles. The van der Waals surface area contributed by atoms with Crippen molar-refractivity contribution >= 4 is 21.6 Å². The molecule has 0 aliphatic rings. The number of anilines is 1. The van der Waals surface area contributed by atoms with Crippen LogP contribution in [0.1, 0.15) is 5.56 Å². The van der Waals surface area contributed by atoms with Gasteiger partial charge in [0, 0.05) is 11.8 Å². The van der Waals surface area contributed by atoms with E-state index in [-0.39, 0.29) is 17.1 Å². The Bertz CT molecular complexity index is 1180. The minimum Gasteiger partial charge on any atom is -0.497 e. The van der Waals surface area contributed by atoms with E-state index in [0.29, 0.717) is 17.2 Å². The Hall–Kier alpha value is -3.56. The molecule has 0 saturated heterocycles. The number of sulfonamides is 1. The molecule has 2 N–H and O–H groups in total. The molecule has 0 unspecified atom stereocenters. The molecule has 9 heteroatoms. The van der Waals surface area contributed by atoms with Crippen molar-refractivity contribution in [2.75, 3.05) is 26.6 Å². The fraction of sp³-hybridized carbons (Fsp3) is 0.208. The number of methoxy groups -OCH3 is 3. The smallest absolute Gasteiger partial charge is 0.242 e. The molecule has 0 aromatic heterocycles. The van der Waals surface area contributed by atoms with Crippen LogP contribution in [0.3, 0.4) is 0 Å². The highest BCUT2D eigenvalue weighted by Crippen LogP contribution is 2.29. The quantitative estimate of drug-likeness (QED) is 0.472. The van der Waals surface area contributed by atoms with Gasteiger partial charge in [-0.3, -0.25) is 4.79 Å². The minimum absolute atomic E-state index is 0.0459. The van der Waals surface area contributed by atoms with Gasteiger partial charge in [-0.05, 0) is 48.4 Å². The number of amides is 1. The van der Waals surface area contributed by atoms with Crippen LogP contribution in [0.15, 0.2) is 77.7 Å². The zero-order valence-electron chi connectivity index (χ0n) is 18.6. The van der Waals surface area contributed by atoms with Crippen LogP contribution in [0.2, 0.25) is 0 Å². The summed E-state index contributed by atoms with van der Waals surface area (Å²) in [5, 5.41) is 2.76. The van der Waals surface area contributed by atoms with Crippen LogP contribution in [0, 0.1) is 0 Å². The lowest BCUT2D eigenvalue weighted by atomic mass is 10.1. The summed E-state index contributed by atoms with van der Waals surface area (Å²) in [4.78, 5) is 13.0. The molecule has 3 aromatic rings. The fourth-order valence-corrected chi connectivity index (χ4v) is 4.39. The van der Waals surface area contributed by atoms with Gasteiger partial charge in [-0.15, -0.1) is 0 Å². The van der Waals surface area contributed by atoms with E-state index < -0.39 is 22.0 Å². The van der Waals surface area contributed by atoms with Crippen LogP contribution in [0.25, 0.3) is 0 Å². The SMILES string of the molecule is COc1ccc(NC(=O)[C@@H](Cc2ccccc2)NS(=O)(=O)c2ccc(OC)c(OC)c2)cc1. The van der Waals surface area contributed by atoms with E-state index in [0.717, 1.165) is 5.56 Å². The second kappa shape index (κ2) is 10.8. The zero-order valence-corrected chi connectivity index (χ0v) is 19.4. The Labute approximate surface area is 193 Å². The van der Waals surface area contributed by atoms with Crippen LogP contribution >= 0.6 is 0 Å². The van der Waals surface area contributed by atoms with Gasteiger partial charge in [0.1, 0.15) is 11.8 Å². The van der Waals surface area contributed by atoms with Crippen LogP contribution in [0.5, 0.6) is 17.2 Å². The van der Waals surface area contributed by atoms with Gasteiger partial charge >= 0.3 is 0 Å². The summed E-state index contributed by atoms with van der Waals surface area (Å²) in [5.41, 5.74) is 1.33. The van der Waals surface area contributed by atoms with Crippen molar-refractivity contribution in [3.8, 4) is 17.2 Å². The Kier molecular flexibility index (Phi) is 7.92. The third-order valence-corrected chi connectivity index (χ3v) is 6.39. The van der Waals surface area contributed by atoms with Gasteiger partial charge in [0.2, 0.25) is 15.9 Å². The molecule has 1 atom stereocenters. The van der Waals surface area contributed by atoms with Gasteiger partial charge in [0.25, 0.3) is 0 Å². The van der Waals surface area contributed by atoms with Crippen molar-refractivity contribution in [3.05, 3.63) is 78.4 Å². The Balaban J connectivity index is 1.87. The van der Waals surface area contributed by atoms with E-state index in [4.69, 9.17) is 14.2 Å². The van der Waals surface area contributed by atoms with Gasteiger partial charge in [-0.2, -0.15) is 4.72 Å². The maximum absolute atomic E-state index is 13.1. The lowest BCUT2D eigenvalue weighted by molar-refractivity contribution is -0.117. The number of benzene rings is 3. The van der Waals surface area contributed by atoms with Gasteiger partial charge in [0.15, 0.2) is 11.5 Å². The Morgan fingerprint density at radius 3 is 2.12 bits per heavy atom. The standard InChI is InChI=1S/C24H26N2O6S/c1-30-19-11-9-18(10-12-19)25-24(27)21(15-17-7-5-4-6-8-17)26-33(28,29)20-13-14-22(31-2)23(16-20)32-3/h4-14,16,21,26H,15H2,1-3H3,(H,25,27)/t21-/m1/s1. The van der Waals surface area contributed by atoms with Crippen LogP contribution in [-0.4, -0.2) is 41.7 Å². The molecular weight excluding hydrogens is 444 g/mol. The van der Waals surface area contributed by atoms with Gasteiger partial charge in [0.05, 0.1) is 26.2 Å². The summed E-state index contributed by atoms with van der Waals surface area (Å²) >= 11 is 0. The van der Waals surface area contributed by atoms with E-state index >= 15 is 0 Å². The second-order valence-electron chi connectivity index (χ2n) is 7.10. The molecule has 3 rings (SSSR count). The van der Waals surface area contributed by atoms with Gasteiger partial charge < -0.3 is 19.5 Å². The predicted molar refractivity (Wildman–Crippen MR) is 125 cm³/mol. The van der Waals surface area contributed by atoms with E-state index in [1.165, 1.54) is 32.4 Å². The van der Waals surface area contributed by atoms with Crippen LogP contribution in [0.4, 0.5) is 5.69 Å². The topological polar surface area (TPSA) is 103 Å². The molecule has 3 aromatic carbocycles. The summed E-state index contributed by atoms with van der Waals surface area (Å²) in [6.07, 6.45) is 0.162. The first-order chi connectivity index (χ1) is 15.9. The highest BCUT2D eigenvalue weighted by molar-refractivity contribution is 7.89. The van der Waals surface area contributed by atoms with Crippen LogP contribution in [-0.2, 0) is 21.2 Å². The number of carbonyl (C=O) groups is 1. The molecule has 0 fully saturated rings. The summed E-state index contributed by atoms with van der Waals surface area (Å²) in [5.74, 6) is 0.813. The third-order valence-electron chi connectivity index (χ3n) is 4.92. The molecule has 0 radical (unpaired) electrons. The molecule has 1 amide bonds. The Morgan fingerprint density at radius 1 is 0.848 bits per heavy atom. The zero-order chi connectivity index (χ0) is 23.8. The second-order valence-corrected chi connectivity index (χ2v) is 8.81. The van der Waals surface area contributed by atoms with Crippen molar-refractivity contribution in [2.45, 2.75) is 17.4 Å². The molecule has 0 aliphatic carbocycles. The highest BCUT2D eigenvalue weighted by Gasteiger charge is 2.27. The van der Waals surface area contributed by atoms with Crippen molar-refractivity contribution in [1.82, 2.24) is 4.72 Å². The molecule has 0 spiro atoms. The highest BCUT2D eigenvalue weighted by atomic mass is 32.2. The molecular formula is C24H26N2O6S. The number of nitrogens with one attached hydrogen (secondary N) is 2.